The van der Waals surface area contributed by atoms with E-state index in [2.05, 4.69) is 53.0 Å². The van der Waals surface area contributed by atoms with Crippen molar-refractivity contribution in [2.24, 2.45) is 0 Å². The summed E-state index contributed by atoms with van der Waals surface area (Å²) >= 11 is 0. The predicted molar refractivity (Wildman–Crippen MR) is 126 cm³/mol. The van der Waals surface area contributed by atoms with Crippen LogP contribution in [0.25, 0.3) is 0 Å². The lowest BCUT2D eigenvalue weighted by molar-refractivity contribution is -0.0462. The monoisotopic (exact) mass is 441 g/mol. The molecule has 0 radical (unpaired) electrons. The van der Waals surface area contributed by atoms with Crippen LogP contribution in [-0.4, -0.2) is 75.8 Å². The number of rotatable bonds is 5. The number of hydrogen-bond acceptors (Lipinski definition) is 8. The summed E-state index contributed by atoms with van der Waals surface area (Å²) < 4.78 is 5.61. The molecule has 2 aliphatic rings. The first-order valence-electron chi connectivity index (χ1n) is 11.4. The molecule has 2 saturated heterocycles. The maximum absolute atomic E-state index is 11.8. The van der Waals surface area contributed by atoms with Gasteiger partial charge in [0.05, 0.1) is 31.1 Å². The average molecular weight is 442 g/mol. The van der Waals surface area contributed by atoms with Gasteiger partial charge < -0.3 is 25.5 Å². The van der Waals surface area contributed by atoms with Gasteiger partial charge in [-0.3, -0.25) is 10.00 Å². The molecule has 1 unspecified atom stereocenters. The minimum absolute atomic E-state index is 0.0612. The van der Waals surface area contributed by atoms with Crippen molar-refractivity contribution in [3.63, 3.8) is 0 Å². The van der Waals surface area contributed by atoms with Crippen molar-refractivity contribution < 1.29 is 9.84 Å². The molecule has 4 N–H and O–H groups in total. The van der Waals surface area contributed by atoms with Gasteiger partial charge in [0.15, 0.2) is 0 Å². The molecule has 0 aliphatic carbocycles. The minimum Gasteiger partial charge on any atom is -0.385 e. The zero-order valence-corrected chi connectivity index (χ0v) is 19.5. The van der Waals surface area contributed by atoms with Gasteiger partial charge in [0.25, 0.3) is 0 Å². The van der Waals surface area contributed by atoms with Gasteiger partial charge in [-0.25, -0.2) is 4.98 Å². The summed E-state index contributed by atoms with van der Waals surface area (Å²) in [6, 6.07) is 3.97. The fraction of sp³-hybridized carbons (Fsp3) is 0.609. The van der Waals surface area contributed by atoms with E-state index in [9.17, 15) is 5.11 Å². The number of pyridine rings is 1. The molecule has 2 aromatic heterocycles. The Kier molecular flexibility index (Phi) is 6.24. The summed E-state index contributed by atoms with van der Waals surface area (Å²) in [7, 11) is 0. The molecule has 2 fully saturated rings. The van der Waals surface area contributed by atoms with Gasteiger partial charge in [-0.2, -0.15) is 5.10 Å². The number of ether oxygens (including phenoxy) is 1. The van der Waals surface area contributed by atoms with Crippen LogP contribution < -0.4 is 10.2 Å². The van der Waals surface area contributed by atoms with Gasteiger partial charge in [-0.1, -0.05) is 0 Å². The fourth-order valence-corrected chi connectivity index (χ4v) is 4.65. The van der Waals surface area contributed by atoms with E-state index < -0.39 is 5.60 Å². The second-order valence-electron chi connectivity index (χ2n) is 9.84. The molecule has 174 valence electrons. The number of aliphatic hydroxyl groups is 1. The van der Waals surface area contributed by atoms with Crippen LogP contribution in [0, 0.1) is 5.41 Å². The van der Waals surface area contributed by atoms with Gasteiger partial charge in [0, 0.05) is 43.0 Å². The first-order chi connectivity index (χ1) is 15.2. The van der Waals surface area contributed by atoms with E-state index in [1.165, 1.54) is 6.21 Å². The van der Waals surface area contributed by atoms with Gasteiger partial charge in [0.2, 0.25) is 0 Å². The van der Waals surface area contributed by atoms with Gasteiger partial charge >= 0.3 is 0 Å². The zero-order valence-electron chi connectivity index (χ0n) is 19.5. The largest absolute Gasteiger partial charge is 0.385 e. The van der Waals surface area contributed by atoms with Crippen molar-refractivity contribution >= 4 is 23.7 Å². The fourth-order valence-electron chi connectivity index (χ4n) is 4.65. The number of hydrogen-bond donors (Lipinski definition) is 4. The van der Waals surface area contributed by atoms with Crippen LogP contribution in [0.2, 0.25) is 0 Å². The highest BCUT2D eigenvalue weighted by Crippen LogP contribution is 2.40. The first-order valence-corrected chi connectivity index (χ1v) is 11.4. The van der Waals surface area contributed by atoms with E-state index in [0.717, 1.165) is 31.0 Å². The van der Waals surface area contributed by atoms with Gasteiger partial charge in [-0.05, 0) is 52.2 Å². The van der Waals surface area contributed by atoms with Crippen LogP contribution in [0.5, 0.6) is 0 Å². The van der Waals surface area contributed by atoms with Crippen LogP contribution in [0.4, 0.5) is 17.5 Å². The molecule has 2 aliphatic heterocycles. The van der Waals surface area contributed by atoms with Gasteiger partial charge in [-0.15, -0.1) is 0 Å². The maximum Gasteiger partial charge on any atom is 0.143 e. The van der Waals surface area contributed by atoms with E-state index in [0.29, 0.717) is 43.3 Å². The number of nitrogens with zero attached hydrogens (tertiary/aromatic N) is 4. The summed E-state index contributed by atoms with van der Waals surface area (Å²) in [6.45, 7) is 12.3. The molecule has 9 nitrogen and oxygen atoms in total. The van der Waals surface area contributed by atoms with Crippen molar-refractivity contribution in [2.75, 3.05) is 43.1 Å². The number of morpholine rings is 1. The van der Waals surface area contributed by atoms with Crippen LogP contribution in [0.15, 0.2) is 18.3 Å². The quantitative estimate of drug-likeness (QED) is 0.528. The van der Waals surface area contributed by atoms with E-state index in [4.69, 9.17) is 15.1 Å². The predicted octanol–water partition coefficient (Wildman–Crippen LogP) is 2.85. The molecule has 0 aromatic carbocycles. The Bertz CT molecular complexity index is 931. The van der Waals surface area contributed by atoms with Crippen LogP contribution in [0.3, 0.4) is 0 Å². The van der Waals surface area contributed by atoms with Gasteiger partial charge in [0.1, 0.15) is 17.5 Å². The van der Waals surface area contributed by atoms with Crippen molar-refractivity contribution in [3.8, 4) is 0 Å². The number of piperidine rings is 1. The standard InChI is InChI=1S/C23H35N7O2/c1-16-15-32-12-11-30(16)20-13-18(23(31)6-9-29(10-7-23)22(2,3)4)17(14-24)21(27-20)26-19-5-8-25-28-19/h5,8,13-14,16,24,31H,6-7,9-12,15H2,1-4H3,(H2,25,26,27,28). The molecule has 0 bridgehead atoms. The van der Waals surface area contributed by atoms with Crippen LogP contribution in [-0.2, 0) is 10.3 Å². The second-order valence-corrected chi connectivity index (χ2v) is 9.84. The van der Waals surface area contributed by atoms with Crippen molar-refractivity contribution in [3.05, 3.63) is 29.5 Å². The highest BCUT2D eigenvalue weighted by Gasteiger charge is 2.39. The summed E-state index contributed by atoms with van der Waals surface area (Å²) in [5, 5.41) is 30.2. The lowest BCUT2D eigenvalue weighted by atomic mass is 9.81. The number of aromatic amines is 1. The highest BCUT2D eigenvalue weighted by atomic mass is 16.5. The highest BCUT2D eigenvalue weighted by molar-refractivity contribution is 5.89. The van der Waals surface area contributed by atoms with Crippen LogP contribution in [0.1, 0.15) is 51.7 Å². The van der Waals surface area contributed by atoms with Crippen LogP contribution >= 0.6 is 0 Å². The van der Waals surface area contributed by atoms with E-state index >= 15 is 0 Å². The summed E-state index contributed by atoms with van der Waals surface area (Å²) in [4.78, 5) is 9.49. The number of likely N-dealkylation sites (tertiary alicyclic amines) is 1. The van der Waals surface area contributed by atoms with Crippen molar-refractivity contribution in [1.29, 1.82) is 5.41 Å². The van der Waals surface area contributed by atoms with E-state index in [1.54, 1.807) is 6.20 Å². The third-order valence-electron chi connectivity index (χ3n) is 6.65. The molecule has 4 heterocycles. The lowest BCUT2D eigenvalue weighted by Gasteiger charge is -2.45. The smallest absolute Gasteiger partial charge is 0.143 e. The molecule has 1 atom stereocenters. The molecule has 2 aromatic rings. The Hall–Kier alpha value is -2.49. The Labute approximate surface area is 189 Å². The molecule has 32 heavy (non-hydrogen) atoms. The number of nitrogens with one attached hydrogen (secondary N) is 3. The Morgan fingerprint density at radius 2 is 2.06 bits per heavy atom. The summed E-state index contributed by atoms with van der Waals surface area (Å²) in [6.07, 6.45) is 4.17. The number of anilines is 3. The number of aromatic nitrogens is 3. The third-order valence-corrected chi connectivity index (χ3v) is 6.65. The zero-order chi connectivity index (χ0) is 22.9. The summed E-state index contributed by atoms with van der Waals surface area (Å²) in [5.74, 6) is 2.02. The lowest BCUT2D eigenvalue weighted by Crippen LogP contribution is -2.50. The molecule has 0 spiro atoms. The van der Waals surface area contributed by atoms with E-state index in [-0.39, 0.29) is 11.6 Å². The average Bonchev–Trinajstić information content (AvgIpc) is 3.26. The molecule has 9 heteroatoms. The second kappa shape index (κ2) is 8.80. The molecule has 4 rings (SSSR count). The minimum atomic E-state index is -1.02. The van der Waals surface area contributed by atoms with Crippen molar-refractivity contribution in [1.82, 2.24) is 20.1 Å². The first kappa shape index (κ1) is 22.7. The van der Waals surface area contributed by atoms with E-state index in [1.807, 2.05) is 12.1 Å². The Morgan fingerprint density at radius 1 is 1.31 bits per heavy atom. The normalized spacial score (nSPS) is 22.0. The molecule has 0 amide bonds. The Balaban J connectivity index is 1.76. The number of H-pyrrole nitrogens is 1. The SMILES string of the molecule is CC1COCCN1c1cc(C2(O)CCN(C(C)(C)C)CC2)c(C=N)c(Nc2ccn[nH]2)n1. The third kappa shape index (κ3) is 4.51. The molecule has 0 saturated carbocycles. The van der Waals surface area contributed by atoms with Crippen molar-refractivity contribution in [2.45, 2.75) is 57.7 Å². The summed E-state index contributed by atoms with van der Waals surface area (Å²) in [5.41, 5.74) is 0.403. The molecular formula is C23H35N7O2. The molecular weight excluding hydrogens is 406 g/mol. The topological polar surface area (TPSA) is 113 Å². The maximum atomic E-state index is 11.8. The Morgan fingerprint density at radius 3 is 2.66 bits per heavy atom.